The van der Waals surface area contributed by atoms with Gasteiger partial charge in [0.05, 0.1) is 11.0 Å². The number of rotatable bonds is 2. The van der Waals surface area contributed by atoms with Crippen molar-refractivity contribution in [1.82, 2.24) is 9.55 Å². The molecule has 0 spiro atoms. The van der Waals surface area contributed by atoms with Crippen LogP contribution in [0.3, 0.4) is 0 Å². The second kappa shape index (κ2) is 3.50. The van der Waals surface area contributed by atoms with Gasteiger partial charge in [0.2, 0.25) is 0 Å². The first-order valence-electron chi connectivity index (χ1n) is 5.09. The predicted molar refractivity (Wildman–Crippen MR) is 60.1 cm³/mol. The fraction of sp³-hybridized carbons (Fsp3) is 0.333. The molecular weight excluding hydrogens is 188 g/mol. The topological polar surface area (TPSA) is 34.9 Å². The Labute approximate surface area is 88.7 Å². The van der Waals surface area contributed by atoms with Crippen LogP contribution >= 0.6 is 0 Å². The zero-order valence-electron chi connectivity index (χ0n) is 9.19. The molecule has 0 fully saturated rings. The van der Waals surface area contributed by atoms with Crippen molar-refractivity contribution in [3.05, 3.63) is 30.1 Å². The van der Waals surface area contributed by atoms with E-state index in [9.17, 15) is 4.79 Å². The van der Waals surface area contributed by atoms with Crippen molar-refractivity contribution in [2.24, 2.45) is 0 Å². The Morgan fingerprint density at radius 2 is 2.00 bits per heavy atom. The third kappa shape index (κ3) is 1.54. The summed E-state index contributed by atoms with van der Waals surface area (Å²) < 4.78 is 1.98. The van der Waals surface area contributed by atoms with E-state index >= 15 is 0 Å². The van der Waals surface area contributed by atoms with Crippen molar-refractivity contribution < 1.29 is 4.79 Å². The third-order valence-electron chi connectivity index (χ3n) is 2.43. The largest absolute Gasteiger partial charge is 0.319 e. The normalized spacial score (nSPS) is 11.2. The fourth-order valence-electron chi connectivity index (χ4n) is 1.82. The quantitative estimate of drug-likeness (QED) is 0.702. The number of imidazole rings is 1. The van der Waals surface area contributed by atoms with Crippen molar-refractivity contribution >= 4 is 16.8 Å². The van der Waals surface area contributed by atoms with Crippen LogP contribution in [0.2, 0.25) is 0 Å². The minimum absolute atomic E-state index is 0.0138. The Bertz CT molecular complexity index is 511. The molecule has 0 saturated carbocycles. The first-order valence-corrected chi connectivity index (χ1v) is 5.09. The number of nitrogens with zero attached hydrogens (tertiary/aromatic N) is 2. The molecule has 0 unspecified atom stereocenters. The van der Waals surface area contributed by atoms with E-state index in [0.29, 0.717) is 5.82 Å². The molecule has 0 aliphatic rings. The summed E-state index contributed by atoms with van der Waals surface area (Å²) in [5.74, 6) is 0.561. The summed E-state index contributed by atoms with van der Waals surface area (Å²) in [6.45, 7) is 5.67. The van der Waals surface area contributed by atoms with Gasteiger partial charge in [-0.1, -0.05) is 12.1 Å². The molecule has 1 heterocycles. The number of hydrogen-bond donors (Lipinski definition) is 0. The van der Waals surface area contributed by atoms with E-state index in [1.165, 1.54) is 0 Å². The Hall–Kier alpha value is -1.64. The van der Waals surface area contributed by atoms with E-state index in [1.807, 2.05) is 28.8 Å². The number of aromatic nitrogens is 2. The van der Waals surface area contributed by atoms with Crippen molar-refractivity contribution in [1.29, 1.82) is 0 Å². The van der Waals surface area contributed by atoms with Gasteiger partial charge in [-0.15, -0.1) is 0 Å². The summed E-state index contributed by atoms with van der Waals surface area (Å²) in [6, 6.07) is 8.07. The van der Waals surface area contributed by atoms with E-state index in [2.05, 4.69) is 18.8 Å². The van der Waals surface area contributed by atoms with Gasteiger partial charge in [-0.2, -0.15) is 0 Å². The highest BCUT2D eigenvalue weighted by molar-refractivity contribution is 5.94. The van der Waals surface area contributed by atoms with Gasteiger partial charge in [0.25, 0.3) is 0 Å². The lowest BCUT2D eigenvalue weighted by atomic mass is 10.3. The Morgan fingerprint density at radius 1 is 1.33 bits per heavy atom. The van der Waals surface area contributed by atoms with E-state index in [-0.39, 0.29) is 11.8 Å². The van der Waals surface area contributed by atoms with Gasteiger partial charge in [0.15, 0.2) is 11.6 Å². The zero-order valence-corrected chi connectivity index (χ0v) is 9.19. The van der Waals surface area contributed by atoms with Crippen molar-refractivity contribution in [2.45, 2.75) is 26.8 Å². The first-order chi connectivity index (χ1) is 7.11. The Kier molecular flexibility index (Phi) is 2.31. The van der Waals surface area contributed by atoms with Crippen LogP contribution in [0.15, 0.2) is 24.3 Å². The number of Topliss-reactive ketones (excluding diaryl/α,β-unsaturated/α-hetero) is 1. The summed E-state index contributed by atoms with van der Waals surface area (Å²) >= 11 is 0. The molecule has 0 amide bonds. The van der Waals surface area contributed by atoms with Crippen LogP contribution in [0.25, 0.3) is 11.0 Å². The van der Waals surface area contributed by atoms with Gasteiger partial charge in [0.1, 0.15) is 0 Å². The van der Waals surface area contributed by atoms with E-state index in [0.717, 1.165) is 11.0 Å². The fourth-order valence-corrected chi connectivity index (χ4v) is 1.82. The number of carbonyl (C=O) groups excluding carboxylic acids is 1. The van der Waals surface area contributed by atoms with Crippen molar-refractivity contribution in [3.63, 3.8) is 0 Å². The molecule has 0 saturated heterocycles. The minimum atomic E-state index is 0.0138. The van der Waals surface area contributed by atoms with E-state index in [4.69, 9.17) is 0 Å². The molecule has 2 rings (SSSR count). The van der Waals surface area contributed by atoms with Gasteiger partial charge in [-0.25, -0.2) is 4.98 Å². The standard InChI is InChI=1S/C12H14N2O/c1-8(2)14-11-7-5-4-6-10(11)13-12(14)9(3)15/h4-8H,1-3H3. The van der Waals surface area contributed by atoms with Gasteiger partial charge >= 0.3 is 0 Å². The highest BCUT2D eigenvalue weighted by Crippen LogP contribution is 2.20. The number of carbonyl (C=O) groups is 1. The molecule has 15 heavy (non-hydrogen) atoms. The molecule has 78 valence electrons. The van der Waals surface area contributed by atoms with Crippen molar-refractivity contribution in [3.8, 4) is 0 Å². The first kappa shape index (κ1) is 9.90. The maximum atomic E-state index is 11.5. The maximum absolute atomic E-state index is 11.5. The Balaban J connectivity index is 2.80. The molecule has 3 heteroatoms. The van der Waals surface area contributed by atoms with Gasteiger partial charge in [0, 0.05) is 13.0 Å². The third-order valence-corrected chi connectivity index (χ3v) is 2.43. The summed E-state index contributed by atoms with van der Waals surface area (Å²) in [4.78, 5) is 15.8. The molecule has 0 aliphatic carbocycles. The van der Waals surface area contributed by atoms with E-state index < -0.39 is 0 Å². The SMILES string of the molecule is CC(=O)c1nc2ccccc2n1C(C)C. The van der Waals surface area contributed by atoms with Gasteiger partial charge < -0.3 is 4.57 Å². The summed E-state index contributed by atoms with van der Waals surface area (Å²) in [7, 11) is 0. The number of hydrogen-bond acceptors (Lipinski definition) is 2. The number of ketones is 1. The smallest absolute Gasteiger partial charge is 0.195 e. The molecule has 1 aromatic carbocycles. The van der Waals surface area contributed by atoms with Crippen LogP contribution in [0.4, 0.5) is 0 Å². The summed E-state index contributed by atoms with van der Waals surface area (Å²) in [5.41, 5.74) is 1.91. The second-order valence-corrected chi connectivity index (χ2v) is 3.94. The minimum Gasteiger partial charge on any atom is -0.319 e. The predicted octanol–water partition coefficient (Wildman–Crippen LogP) is 2.82. The van der Waals surface area contributed by atoms with E-state index in [1.54, 1.807) is 6.92 Å². The summed E-state index contributed by atoms with van der Waals surface area (Å²) in [5, 5.41) is 0. The maximum Gasteiger partial charge on any atom is 0.195 e. The number of para-hydroxylation sites is 2. The lowest BCUT2D eigenvalue weighted by molar-refractivity contribution is 0.0998. The van der Waals surface area contributed by atoms with Crippen LogP contribution in [0.1, 0.15) is 37.4 Å². The molecule has 2 aromatic rings. The summed E-state index contributed by atoms with van der Waals surface area (Å²) in [6.07, 6.45) is 0. The molecular formula is C12H14N2O. The van der Waals surface area contributed by atoms with Crippen molar-refractivity contribution in [2.75, 3.05) is 0 Å². The lowest BCUT2D eigenvalue weighted by Gasteiger charge is -2.10. The molecule has 0 atom stereocenters. The van der Waals surface area contributed by atoms with Crippen LogP contribution < -0.4 is 0 Å². The van der Waals surface area contributed by atoms with Gasteiger partial charge in [-0.3, -0.25) is 4.79 Å². The lowest BCUT2D eigenvalue weighted by Crippen LogP contribution is -2.09. The van der Waals surface area contributed by atoms with Crippen LogP contribution in [-0.2, 0) is 0 Å². The molecule has 0 radical (unpaired) electrons. The van der Waals surface area contributed by atoms with Crippen LogP contribution in [0.5, 0.6) is 0 Å². The highest BCUT2D eigenvalue weighted by atomic mass is 16.1. The van der Waals surface area contributed by atoms with Crippen LogP contribution in [-0.4, -0.2) is 15.3 Å². The van der Waals surface area contributed by atoms with Crippen LogP contribution in [0, 0.1) is 0 Å². The van der Waals surface area contributed by atoms with Gasteiger partial charge in [-0.05, 0) is 26.0 Å². The average molecular weight is 202 g/mol. The Morgan fingerprint density at radius 3 is 2.60 bits per heavy atom. The number of fused-ring (bicyclic) bond motifs is 1. The second-order valence-electron chi connectivity index (χ2n) is 3.94. The average Bonchev–Trinajstić information content (AvgIpc) is 2.56. The molecule has 1 aromatic heterocycles. The molecule has 0 N–H and O–H groups in total. The molecule has 0 aliphatic heterocycles. The monoisotopic (exact) mass is 202 g/mol. The molecule has 0 bridgehead atoms. The molecule has 3 nitrogen and oxygen atoms in total. The zero-order chi connectivity index (χ0) is 11.0. The highest BCUT2D eigenvalue weighted by Gasteiger charge is 2.15. The number of benzene rings is 1.